The standard InChI is InChI=1S/C12H19ClO5/c1-5-6-16-9-7(2)17-12(13)11(10(9)15-4)18-8(3)14/h5,7,9-12H,1,6H2,2-4H3/t7-,9-,10+,11+,12-/m0/s1. The van der Waals surface area contributed by atoms with Crippen LogP contribution in [0.2, 0.25) is 0 Å². The first kappa shape index (κ1) is 15.4. The van der Waals surface area contributed by atoms with Crippen LogP contribution >= 0.6 is 11.6 Å². The van der Waals surface area contributed by atoms with E-state index in [1.165, 1.54) is 14.0 Å². The third-order valence-corrected chi connectivity index (χ3v) is 3.05. The number of methoxy groups -OCH3 is 1. The molecular formula is C12H19ClO5. The molecule has 1 heterocycles. The van der Waals surface area contributed by atoms with Crippen LogP contribution in [0.15, 0.2) is 12.7 Å². The highest BCUT2D eigenvalue weighted by Crippen LogP contribution is 2.29. The molecule has 5 nitrogen and oxygen atoms in total. The molecule has 0 unspecified atom stereocenters. The lowest BCUT2D eigenvalue weighted by molar-refractivity contribution is -0.226. The fourth-order valence-corrected chi connectivity index (χ4v) is 2.31. The van der Waals surface area contributed by atoms with Gasteiger partial charge < -0.3 is 18.9 Å². The Morgan fingerprint density at radius 2 is 2.11 bits per heavy atom. The molecular weight excluding hydrogens is 260 g/mol. The quantitative estimate of drug-likeness (QED) is 0.433. The SMILES string of the molecule is C=CCO[C@@H]1[C@@H](OC)[C@@H](OC(C)=O)[C@@H](Cl)O[C@H]1C. The van der Waals surface area contributed by atoms with Gasteiger partial charge in [0.1, 0.15) is 12.2 Å². The minimum Gasteiger partial charge on any atom is -0.456 e. The lowest BCUT2D eigenvalue weighted by Crippen LogP contribution is -2.58. The van der Waals surface area contributed by atoms with Crippen LogP contribution in [0.3, 0.4) is 0 Å². The largest absolute Gasteiger partial charge is 0.456 e. The smallest absolute Gasteiger partial charge is 0.303 e. The monoisotopic (exact) mass is 278 g/mol. The number of carbonyl (C=O) groups is 1. The van der Waals surface area contributed by atoms with Crippen molar-refractivity contribution in [3.8, 4) is 0 Å². The molecule has 6 heteroatoms. The molecule has 1 aliphatic rings. The van der Waals surface area contributed by atoms with Gasteiger partial charge in [-0.05, 0) is 6.92 Å². The molecule has 1 rings (SSSR count). The van der Waals surface area contributed by atoms with E-state index in [2.05, 4.69) is 6.58 Å². The molecule has 18 heavy (non-hydrogen) atoms. The van der Waals surface area contributed by atoms with Crippen molar-refractivity contribution in [3.63, 3.8) is 0 Å². The van der Waals surface area contributed by atoms with Crippen LogP contribution in [0.5, 0.6) is 0 Å². The molecule has 0 aromatic rings. The van der Waals surface area contributed by atoms with Gasteiger partial charge in [0.15, 0.2) is 11.7 Å². The van der Waals surface area contributed by atoms with Crippen molar-refractivity contribution in [1.29, 1.82) is 0 Å². The number of esters is 1. The van der Waals surface area contributed by atoms with E-state index >= 15 is 0 Å². The van der Waals surface area contributed by atoms with E-state index in [4.69, 9.17) is 30.5 Å². The molecule has 0 N–H and O–H groups in total. The van der Waals surface area contributed by atoms with E-state index < -0.39 is 23.7 Å². The van der Waals surface area contributed by atoms with Crippen LogP contribution in [0.25, 0.3) is 0 Å². The zero-order valence-corrected chi connectivity index (χ0v) is 11.6. The van der Waals surface area contributed by atoms with E-state index in [0.29, 0.717) is 6.61 Å². The Kier molecular flexibility index (Phi) is 6.08. The second kappa shape index (κ2) is 7.09. The Hall–Kier alpha value is -0.620. The molecule has 1 fully saturated rings. The van der Waals surface area contributed by atoms with E-state index in [9.17, 15) is 4.79 Å². The average molecular weight is 279 g/mol. The van der Waals surface area contributed by atoms with E-state index in [1.807, 2.05) is 6.92 Å². The molecule has 5 atom stereocenters. The number of alkyl halides is 1. The van der Waals surface area contributed by atoms with E-state index in [-0.39, 0.29) is 12.2 Å². The molecule has 0 radical (unpaired) electrons. The minimum absolute atomic E-state index is 0.260. The van der Waals surface area contributed by atoms with Gasteiger partial charge >= 0.3 is 5.97 Å². The lowest BCUT2D eigenvalue weighted by atomic mass is 10.00. The normalized spacial score (nSPS) is 36.1. The molecule has 0 aliphatic carbocycles. The summed E-state index contributed by atoms with van der Waals surface area (Å²) >= 11 is 6.04. The van der Waals surface area contributed by atoms with Gasteiger partial charge in [-0.25, -0.2) is 0 Å². The molecule has 1 aliphatic heterocycles. The van der Waals surface area contributed by atoms with Crippen molar-refractivity contribution in [1.82, 2.24) is 0 Å². The van der Waals surface area contributed by atoms with Crippen LogP contribution < -0.4 is 0 Å². The summed E-state index contributed by atoms with van der Waals surface area (Å²) in [5.74, 6) is -0.437. The molecule has 0 amide bonds. The molecule has 0 aromatic heterocycles. The van der Waals surface area contributed by atoms with Gasteiger partial charge in [-0.15, -0.1) is 6.58 Å². The molecule has 0 spiro atoms. The average Bonchev–Trinajstić information content (AvgIpc) is 2.30. The first-order chi connectivity index (χ1) is 8.51. The summed E-state index contributed by atoms with van der Waals surface area (Å²) in [6, 6.07) is 0. The first-order valence-electron chi connectivity index (χ1n) is 5.73. The van der Waals surface area contributed by atoms with Crippen molar-refractivity contribution in [2.24, 2.45) is 0 Å². The molecule has 0 bridgehead atoms. The van der Waals surface area contributed by atoms with Crippen LogP contribution in [-0.4, -0.2) is 49.7 Å². The summed E-state index contributed by atoms with van der Waals surface area (Å²) in [6.45, 7) is 7.09. The molecule has 1 saturated heterocycles. The van der Waals surface area contributed by atoms with Gasteiger partial charge in [0, 0.05) is 14.0 Å². The maximum Gasteiger partial charge on any atom is 0.303 e. The van der Waals surface area contributed by atoms with Crippen molar-refractivity contribution < 1.29 is 23.7 Å². The van der Waals surface area contributed by atoms with Crippen LogP contribution in [0, 0.1) is 0 Å². The first-order valence-corrected chi connectivity index (χ1v) is 6.17. The lowest BCUT2D eigenvalue weighted by Gasteiger charge is -2.42. The minimum atomic E-state index is -0.752. The zero-order valence-electron chi connectivity index (χ0n) is 10.8. The number of hydrogen-bond acceptors (Lipinski definition) is 5. The second-order valence-corrected chi connectivity index (χ2v) is 4.48. The number of halogens is 1. The number of carbonyl (C=O) groups excluding carboxylic acids is 1. The highest BCUT2D eigenvalue weighted by Gasteiger charge is 2.46. The van der Waals surface area contributed by atoms with Gasteiger partial charge in [0.25, 0.3) is 0 Å². The van der Waals surface area contributed by atoms with E-state index in [0.717, 1.165) is 0 Å². The summed E-state index contributed by atoms with van der Waals surface area (Å²) in [4.78, 5) is 11.1. The van der Waals surface area contributed by atoms with Crippen molar-refractivity contribution >= 4 is 17.6 Å². The molecule has 0 saturated carbocycles. The van der Waals surface area contributed by atoms with Crippen LogP contribution in [0.4, 0.5) is 0 Å². The zero-order chi connectivity index (χ0) is 13.7. The van der Waals surface area contributed by atoms with Gasteiger partial charge in [-0.2, -0.15) is 0 Å². The third-order valence-electron chi connectivity index (χ3n) is 2.69. The van der Waals surface area contributed by atoms with Gasteiger partial charge in [-0.3, -0.25) is 4.79 Å². The van der Waals surface area contributed by atoms with Gasteiger partial charge in [0.2, 0.25) is 0 Å². The van der Waals surface area contributed by atoms with Crippen LogP contribution in [-0.2, 0) is 23.7 Å². The Balaban J connectivity index is 2.81. The Bertz CT molecular complexity index is 296. The summed E-state index contributed by atoms with van der Waals surface area (Å²) in [5, 5.41) is 0. The highest BCUT2D eigenvalue weighted by molar-refractivity contribution is 6.20. The fraction of sp³-hybridized carbons (Fsp3) is 0.750. The van der Waals surface area contributed by atoms with Crippen LogP contribution in [0.1, 0.15) is 13.8 Å². The number of rotatable bonds is 5. The third kappa shape index (κ3) is 3.68. The Labute approximate surface area is 112 Å². The van der Waals surface area contributed by atoms with Crippen molar-refractivity contribution in [2.75, 3.05) is 13.7 Å². The van der Waals surface area contributed by atoms with Crippen molar-refractivity contribution in [3.05, 3.63) is 12.7 Å². The van der Waals surface area contributed by atoms with Gasteiger partial charge in [-0.1, -0.05) is 17.7 Å². The van der Waals surface area contributed by atoms with Gasteiger partial charge in [0.05, 0.1) is 12.7 Å². The molecule has 104 valence electrons. The maximum absolute atomic E-state index is 11.1. The maximum atomic E-state index is 11.1. The number of hydrogen-bond donors (Lipinski definition) is 0. The number of ether oxygens (including phenoxy) is 4. The molecule has 0 aromatic carbocycles. The Morgan fingerprint density at radius 1 is 1.44 bits per heavy atom. The second-order valence-electron chi connectivity index (χ2n) is 4.05. The summed E-state index contributed by atoms with van der Waals surface area (Å²) < 4.78 is 21.6. The predicted octanol–water partition coefficient (Wildman–Crippen LogP) is 1.49. The topological polar surface area (TPSA) is 54.0 Å². The van der Waals surface area contributed by atoms with Crippen molar-refractivity contribution in [2.45, 2.75) is 43.8 Å². The summed E-state index contributed by atoms with van der Waals surface area (Å²) in [7, 11) is 1.52. The Morgan fingerprint density at radius 3 is 2.61 bits per heavy atom. The summed E-state index contributed by atoms with van der Waals surface area (Å²) in [6.07, 6.45) is -0.163. The summed E-state index contributed by atoms with van der Waals surface area (Å²) in [5.41, 5.74) is -0.752. The predicted molar refractivity (Wildman–Crippen MR) is 66.5 cm³/mol. The van der Waals surface area contributed by atoms with E-state index in [1.54, 1.807) is 6.08 Å². The highest BCUT2D eigenvalue weighted by atomic mass is 35.5. The fourth-order valence-electron chi connectivity index (χ4n) is 1.95.